The Hall–Kier alpha value is -3.62. The van der Waals surface area contributed by atoms with Gasteiger partial charge in [0.05, 0.1) is 0 Å². The largest absolute Gasteiger partial charge is 0.491 e. The van der Waals surface area contributed by atoms with Crippen LogP contribution in [0.4, 0.5) is 0 Å². The van der Waals surface area contributed by atoms with E-state index in [4.69, 9.17) is 18.9 Å². The van der Waals surface area contributed by atoms with Gasteiger partial charge in [-0.05, 0) is 49.2 Å². The van der Waals surface area contributed by atoms with E-state index in [9.17, 15) is 19.8 Å². The third-order valence-electron chi connectivity index (χ3n) is 5.55. The van der Waals surface area contributed by atoms with Crippen molar-refractivity contribution in [3.05, 3.63) is 84.0 Å². The lowest BCUT2D eigenvalue weighted by Crippen LogP contribution is -2.25. The van der Waals surface area contributed by atoms with Crippen LogP contribution < -0.4 is 9.47 Å². The molecule has 0 aliphatic carbocycles. The second-order valence-corrected chi connectivity index (χ2v) is 9.36. The van der Waals surface area contributed by atoms with Gasteiger partial charge in [-0.25, -0.2) is 9.59 Å². The number of carbonyl (C=O) groups excluding carboxylic acids is 2. The average molecular weight is 513 g/mol. The molecule has 8 heteroatoms. The Balaban J connectivity index is 1.88. The zero-order valence-corrected chi connectivity index (χ0v) is 21.9. The molecule has 2 aromatic carbocycles. The van der Waals surface area contributed by atoms with E-state index >= 15 is 0 Å². The second-order valence-electron chi connectivity index (χ2n) is 9.36. The molecule has 0 fully saturated rings. The lowest BCUT2D eigenvalue weighted by molar-refractivity contribution is -0.143. The summed E-state index contributed by atoms with van der Waals surface area (Å²) in [5.74, 6) is 0.0657. The van der Waals surface area contributed by atoms with E-state index in [-0.39, 0.29) is 43.0 Å². The number of rotatable bonds is 14. The quantitative estimate of drug-likeness (QED) is 0.291. The second kappa shape index (κ2) is 13.6. The molecule has 0 heterocycles. The van der Waals surface area contributed by atoms with E-state index in [2.05, 4.69) is 27.0 Å². The van der Waals surface area contributed by atoms with E-state index in [1.807, 2.05) is 48.5 Å². The van der Waals surface area contributed by atoms with Crippen LogP contribution in [-0.2, 0) is 24.5 Å². The van der Waals surface area contributed by atoms with Crippen LogP contribution in [0.1, 0.15) is 38.8 Å². The van der Waals surface area contributed by atoms with Crippen LogP contribution in [0.25, 0.3) is 0 Å². The molecule has 0 spiro atoms. The third kappa shape index (κ3) is 9.40. The Morgan fingerprint density at radius 1 is 0.703 bits per heavy atom. The molecule has 37 heavy (non-hydrogen) atoms. The van der Waals surface area contributed by atoms with Crippen LogP contribution in [0.3, 0.4) is 0 Å². The van der Waals surface area contributed by atoms with Crippen LogP contribution >= 0.6 is 0 Å². The Kier molecular flexibility index (Phi) is 10.9. The molecule has 2 aromatic rings. The van der Waals surface area contributed by atoms with E-state index in [0.29, 0.717) is 11.5 Å². The van der Waals surface area contributed by atoms with Crippen molar-refractivity contribution in [2.24, 2.45) is 0 Å². The number of esters is 2. The Bertz CT molecular complexity index is 985. The highest BCUT2D eigenvalue weighted by molar-refractivity contribution is 5.87. The lowest BCUT2D eigenvalue weighted by atomic mass is 9.78. The summed E-state index contributed by atoms with van der Waals surface area (Å²) in [6.07, 6.45) is -1.90. The maximum Gasteiger partial charge on any atom is 0.333 e. The minimum absolute atomic E-state index is 0.0152. The number of aliphatic hydroxyl groups is 2. The monoisotopic (exact) mass is 512 g/mol. The fraction of sp³-hybridized carbons (Fsp3) is 0.379. The van der Waals surface area contributed by atoms with Crippen molar-refractivity contribution in [2.45, 2.75) is 45.3 Å². The molecule has 2 atom stereocenters. The van der Waals surface area contributed by atoms with Gasteiger partial charge in [-0.1, -0.05) is 51.3 Å². The van der Waals surface area contributed by atoms with Gasteiger partial charge in [0.15, 0.2) is 0 Å². The van der Waals surface area contributed by atoms with Gasteiger partial charge in [-0.2, -0.15) is 0 Å². The molecule has 200 valence electrons. The summed E-state index contributed by atoms with van der Waals surface area (Å²) >= 11 is 0. The molecule has 0 unspecified atom stereocenters. The van der Waals surface area contributed by atoms with Gasteiger partial charge in [0.1, 0.15) is 50.1 Å². The molecular formula is C29H36O8. The molecule has 2 rings (SSSR count). The Morgan fingerprint density at radius 2 is 1.03 bits per heavy atom. The number of benzene rings is 2. The minimum Gasteiger partial charge on any atom is -0.491 e. The van der Waals surface area contributed by atoms with E-state index in [1.54, 1.807) is 0 Å². The predicted octanol–water partition coefficient (Wildman–Crippen LogP) is 3.73. The molecule has 0 bridgehead atoms. The molecule has 0 aliphatic heterocycles. The maximum atomic E-state index is 11.4. The van der Waals surface area contributed by atoms with Crippen LogP contribution in [0.2, 0.25) is 0 Å². The van der Waals surface area contributed by atoms with Crippen LogP contribution in [0.15, 0.2) is 72.8 Å². The Labute approximate surface area is 218 Å². The van der Waals surface area contributed by atoms with Crippen molar-refractivity contribution in [3.8, 4) is 11.5 Å². The summed E-state index contributed by atoms with van der Waals surface area (Å²) in [6, 6.07) is 15.1. The zero-order valence-electron chi connectivity index (χ0n) is 21.9. The van der Waals surface area contributed by atoms with Crippen molar-refractivity contribution in [1.82, 2.24) is 0 Å². The van der Waals surface area contributed by atoms with Gasteiger partial charge in [0.25, 0.3) is 0 Å². The summed E-state index contributed by atoms with van der Waals surface area (Å²) in [4.78, 5) is 22.8. The highest BCUT2D eigenvalue weighted by Crippen LogP contribution is 2.33. The number of hydrogen-bond acceptors (Lipinski definition) is 8. The number of hydrogen-bond donors (Lipinski definition) is 2. The van der Waals surface area contributed by atoms with Gasteiger partial charge in [-0.3, -0.25) is 0 Å². The highest BCUT2D eigenvalue weighted by Gasteiger charge is 2.23. The van der Waals surface area contributed by atoms with Crippen LogP contribution in [0.5, 0.6) is 11.5 Å². The molecular weight excluding hydrogens is 476 g/mol. The normalized spacial score (nSPS) is 12.7. The zero-order chi connectivity index (χ0) is 27.6. The number of aliphatic hydroxyl groups excluding tert-OH is 2. The first-order valence-corrected chi connectivity index (χ1v) is 11.9. The first-order valence-electron chi connectivity index (χ1n) is 11.9. The van der Waals surface area contributed by atoms with Crippen molar-refractivity contribution >= 4 is 11.9 Å². The van der Waals surface area contributed by atoms with Crippen molar-refractivity contribution in [2.75, 3.05) is 26.4 Å². The summed E-state index contributed by atoms with van der Waals surface area (Å²) in [6.45, 7) is 13.9. The van der Waals surface area contributed by atoms with Gasteiger partial charge >= 0.3 is 11.9 Å². The fourth-order valence-corrected chi connectivity index (χ4v) is 3.17. The summed E-state index contributed by atoms with van der Waals surface area (Å²) in [5.41, 5.74) is 2.33. The number of ether oxygens (including phenoxy) is 4. The molecule has 0 aliphatic rings. The molecule has 0 saturated heterocycles. The molecule has 0 radical (unpaired) electrons. The van der Waals surface area contributed by atoms with Crippen molar-refractivity contribution in [3.63, 3.8) is 0 Å². The molecule has 0 amide bonds. The highest BCUT2D eigenvalue weighted by atomic mass is 16.6. The van der Waals surface area contributed by atoms with Gasteiger partial charge in [-0.15, -0.1) is 0 Å². The smallest absolute Gasteiger partial charge is 0.333 e. The summed E-state index contributed by atoms with van der Waals surface area (Å²) in [7, 11) is 0. The SMILES string of the molecule is C=C(C)C(=O)OC[C@H](O)COc1ccc(C(C)(C)c2ccc(OC[C@@H](O)COC(=O)C(=C)C)cc2)cc1. The summed E-state index contributed by atoms with van der Waals surface area (Å²) < 4.78 is 21.0. The molecule has 0 aromatic heterocycles. The first-order chi connectivity index (χ1) is 17.4. The molecule has 0 saturated carbocycles. The van der Waals surface area contributed by atoms with E-state index in [1.165, 1.54) is 13.8 Å². The average Bonchev–Trinajstić information content (AvgIpc) is 2.88. The van der Waals surface area contributed by atoms with Crippen molar-refractivity contribution < 1.29 is 38.7 Å². The van der Waals surface area contributed by atoms with Crippen LogP contribution in [-0.4, -0.2) is 60.8 Å². The maximum absolute atomic E-state index is 11.4. The third-order valence-corrected chi connectivity index (χ3v) is 5.55. The minimum atomic E-state index is -0.951. The van der Waals surface area contributed by atoms with Gasteiger partial charge in [0, 0.05) is 16.6 Å². The number of carbonyl (C=O) groups is 2. The molecule has 8 nitrogen and oxygen atoms in total. The van der Waals surface area contributed by atoms with Crippen molar-refractivity contribution in [1.29, 1.82) is 0 Å². The lowest BCUT2D eigenvalue weighted by Gasteiger charge is -2.26. The molecule has 2 N–H and O–H groups in total. The topological polar surface area (TPSA) is 112 Å². The van der Waals surface area contributed by atoms with Gasteiger partial charge in [0.2, 0.25) is 0 Å². The Morgan fingerprint density at radius 3 is 1.32 bits per heavy atom. The summed E-state index contributed by atoms with van der Waals surface area (Å²) in [5, 5.41) is 19.9. The fourth-order valence-electron chi connectivity index (χ4n) is 3.17. The van der Waals surface area contributed by atoms with E-state index < -0.39 is 24.1 Å². The standard InChI is InChI=1S/C29H36O8/c1-19(2)27(32)36-17-23(30)15-34-25-11-7-21(8-12-25)29(5,6)22-9-13-26(14-10-22)35-16-24(31)18-37-28(33)20(3)4/h7-14,23-24,30-31H,1,3,15-18H2,2,4-6H3/t23-,24-/m1/s1. The van der Waals surface area contributed by atoms with Gasteiger partial charge < -0.3 is 29.2 Å². The first kappa shape index (κ1) is 29.6. The predicted molar refractivity (Wildman–Crippen MR) is 140 cm³/mol. The van der Waals surface area contributed by atoms with E-state index in [0.717, 1.165) is 11.1 Å². The van der Waals surface area contributed by atoms with Crippen LogP contribution in [0, 0.1) is 0 Å².